The molecule has 0 amide bonds. The Balaban J connectivity index is 1.26. The van der Waals surface area contributed by atoms with Gasteiger partial charge in [0, 0.05) is 40.7 Å². The van der Waals surface area contributed by atoms with Gasteiger partial charge in [-0.25, -0.2) is 4.98 Å². The Morgan fingerprint density at radius 3 is 2.73 bits per heavy atom. The van der Waals surface area contributed by atoms with Crippen LogP contribution < -0.4 is 4.74 Å². The van der Waals surface area contributed by atoms with Crippen LogP contribution in [0.2, 0.25) is 0 Å². The fourth-order valence-electron chi connectivity index (χ4n) is 5.27. The van der Waals surface area contributed by atoms with Gasteiger partial charge in [-0.05, 0) is 63.2 Å². The summed E-state index contributed by atoms with van der Waals surface area (Å²) in [4.78, 5) is 10.3. The summed E-state index contributed by atoms with van der Waals surface area (Å²) in [6.07, 6.45) is 11.2. The van der Waals surface area contributed by atoms with Crippen LogP contribution in [0, 0.1) is 16.7 Å². The molecule has 0 radical (unpaired) electrons. The van der Waals surface area contributed by atoms with Gasteiger partial charge in [0.05, 0.1) is 43.0 Å². The van der Waals surface area contributed by atoms with Gasteiger partial charge in [-0.2, -0.15) is 10.4 Å². The molecule has 2 aliphatic heterocycles. The molecule has 0 saturated carbocycles. The Bertz CT molecular complexity index is 1450. The van der Waals surface area contributed by atoms with E-state index in [0.717, 1.165) is 65.6 Å². The van der Waals surface area contributed by atoms with Crippen molar-refractivity contribution >= 4 is 11.0 Å². The molecule has 1 N–H and O–H groups in total. The first-order chi connectivity index (χ1) is 18.1. The molecule has 8 heteroatoms. The minimum Gasteiger partial charge on any atom is -0.491 e. The number of aromatic amines is 1. The zero-order valence-corrected chi connectivity index (χ0v) is 21.4. The molecule has 0 bridgehead atoms. The maximum absolute atomic E-state index is 9.84. The second-order valence-electron chi connectivity index (χ2n) is 10.5. The lowest BCUT2D eigenvalue weighted by atomic mass is 9.84. The third-order valence-electron chi connectivity index (χ3n) is 8.04. The van der Waals surface area contributed by atoms with Gasteiger partial charge in [-0.15, -0.1) is 0 Å². The van der Waals surface area contributed by atoms with Gasteiger partial charge in [-0.1, -0.05) is 13.0 Å². The summed E-state index contributed by atoms with van der Waals surface area (Å²) in [5.41, 5.74) is 5.45. The van der Waals surface area contributed by atoms with Gasteiger partial charge in [0.15, 0.2) is 0 Å². The molecule has 2 saturated heterocycles. The van der Waals surface area contributed by atoms with Crippen LogP contribution in [0.3, 0.4) is 0 Å². The second kappa shape index (κ2) is 9.66. The Morgan fingerprint density at radius 1 is 1.16 bits per heavy atom. The predicted molar refractivity (Wildman–Crippen MR) is 142 cm³/mol. The van der Waals surface area contributed by atoms with Gasteiger partial charge < -0.3 is 19.4 Å². The SMILES string of the molecule is CCC1(COc2ccc(-c3c[nH]c4ncc(-c5cnn(C6CCN(C)CC6)c5)cc34)cc2C#N)COC1. The number of aromatic nitrogens is 4. The van der Waals surface area contributed by atoms with Crippen molar-refractivity contribution in [3.8, 4) is 34.1 Å². The topological polar surface area (TPSA) is 92.0 Å². The number of H-pyrrole nitrogens is 1. The van der Waals surface area contributed by atoms with E-state index >= 15 is 0 Å². The predicted octanol–water partition coefficient (Wildman–Crippen LogP) is 5.04. The largest absolute Gasteiger partial charge is 0.491 e. The maximum atomic E-state index is 9.84. The summed E-state index contributed by atoms with van der Waals surface area (Å²) in [5.74, 6) is 0.617. The number of ether oxygens (including phenoxy) is 2. The van der Waals surface area contributed by atoms with E-state index in [1.807, 2.05) is 36.8 Å². The first-order valence-corrected chi connectivity index (χ1v) is 13.0. The molecule has 37 heavy (non-hydrogen) atoms. The van der Waals surface area contributed by atoms with Gasteiger partial charge >= 0.3 is 0 Å². The fraction of sp³-hybridized carbons (Fsp3) is 0.414. The first kappa shape index (κ1) is 23.7. The molecule has 190 valence electrons. The molecule has 3 aromatic heterocycles. The molecular weight excluding hydrogens is 464 g/mol. The lowest BCUT2D eigenvalue weighted by molar-refractivity contribution is -0.133. The molecule has 0 atom stereocenters. The summed E-state index contributed by atoms with van der Waals surface area (Å²) < 4.78 is 13.6. The van der Waals surface area contributed by atoms with Crippen molar-refractivity contribution in [2.45, 2.75) is 32.2 Å². The van der Waals surface area contributed by atoms with Crippen molar-refractivity contribution in [1.82, 2.24) is 24.6 Å². The van der Waals surface area contributed by atoms with Crippen molar-refractivity contribution in [2.24, 2.45) is 5.41 Å². The summed E-state index contributed by atoms with van der Waals surface area (Å²) >= 11 is 0. The molecule has 0 aliphatic carbocycles. The molecule has 0 unspecified atom stereocenters. The highest BCUT2D eigenvalue weighted by Gasteiger charge is 2.37. The number of nitrogens with one attached hydrogen (secondary N) is 1. The third kappa shape index (κ3) is 4.50. The van der Waals surface area contributed by atoms with E-state index in [4.69, 9.17) is 9.47 Å². The standard InChI is InChI=1S/C29H32N6O2/c1-3-29(17-36-18-29)19-37-27-5-4-20(10-21(27)12-30)26-15-32-28-25(26)11-22(13-31-28)23-14-33-35(16-23)24-6-8-34(2)9-7-24/h4-5,10-11,13-16,24H,3,6-9,17-19H2,1-2H3,(H,31,32). The molecule has 2 fully saturated rings. The number of piperidine rings is 1. The smallest absolute Gasteiger partial charge is 0.137 e. The molecular formula is C29H32N6O2. The minimum absolute atomic E-state index is 0.0610. The van der Waals surface area contributed by atoms with Crippen LogP contribution in [0.4, 0.5) is 0 Å². The van der Waals surface area contributed by atoms with Crippen LogP contribution in [0.15, 0.2) is 49.1 Å². The average Bonchev–Trinajstić information content (AvgIpc) is 3.56. The number of nitrogens with zero attached hydrogens (tertiary/aromatic N) is 5. The summed E-state index contributed by atoms with van der Waals surface area (Å²) in [7, 11) is 2.17. The zero-order chi connectivity index (χ0) is 25.4. The van der Waals surface area contributed by atoms with Crippen LogP contribution >= 0.6 is 0 Å². The number of rotatable bonds is 7. The Hall–Kier alpha value is -3.67. The monoisotopic (exact) mass is 496 g/mol. The van der Waals surface area contributed by atoms with E-state index in [-0.39, 0.29) is 5.41 Å². The number of pyridine rings is 1. The molecule has 2 aliphatic rings. The van der Waals surface area contributed by atoms with E-state index in [0.29, 0.717) is 37.2 Å². The van der Waals surface area contributed by atoms with E-state index in [2.05, 4.69) is 57.0 Å². The number of hydrogen-bond acceptors (Lipinski definition) is 6. The zero-order valence-electron chi connectivity index (χ0n) is 21.4. The van der Waals surface area contributed by atoms with Crippen molar-refractivity contribution in [3.05, 3.63) is 54.6 Å². The van der Waals surface area contributed by atoms with E-state index in [1.54, 1.807) is 0 Å². The van der Waals surface area contributed by atoms with E-state index in [1.165, 1.54) is 0 Å². The van der Waals surface area contributed by atoms with Crippen LogP contribution in [-0.2, 0) is 4.74 Å². The van der Waals surface area contributed by atoms with Crippen molar-refractivity contribution in [3.63, 3.8) is 0 Å². The van der Waals surface area contributed by atoms with Gasteiger partial charge in [0.1, 0.15) is 17.5 Å². The first-order valence-electron chi connectivity index (χ1n) is 13.0. The van der Waals surface area contributed by atoms with Crippen LogP contribution in [0.1, 0.15) is 37.8 Å². The normalized spacial score (nSPS) is 18.0. The van der Waals surface area contributed by atoms with E-state index in [9.17, 15) is 5.26 Å². The lowest BCUT2D eigenvalue weighted by Crippen LogP contribution is -2.46. The summed E-state index contributed by atoms with van der Waals surface area (Å²) in [6.45, 7) is 6.34. The fourth-order valence-corrected chi connectivity index (χ4v) is 5.27. The molecule has 6 rings (SSSR count). The average molecular weight is 497 g/mol. The van der Waals surface area contributed by atoms with Crippen LogP contribution in [0.25, 0.3) is 33.3 Å². The second-order valence-corrected chi connectivity index (χ2v) is 10.5. The minimum atomic E-state index is 0.0610. The molecule has 0 spiro atoms. The van der Waals surface area contributed by atoms with Gasteiger partial charge in [0.25, 0.3) is 0 Å². The number of hydrogen-bond donors (Lipinski definition) is 1. The maximum Gasteiger partial charge on any atom is 0.137 e. The van der Waals surface area contributed by atoms with Crippen molar-refractivity contribution in [2.75, 3.05) is 40.0 Å². The lowest BCUT2D eigenvalue weighted by Gasteiger charge is -2.40. The van der Waals surface area contributed by atoms with Crippen molar-refractivity contribution in [1.29, 1.82) is 5.26 Å². The quantitative estimate of drug-likeness (QED) is 0.386. The number of likely N-dealkylation sites (tertiary alicyclic amines) is 1. The highest BCUT2D eigenvalue weighted by Crippen LogP contribution is 2.36. The molecule has 8 nitrogen and oxygen atoms in total. The Morgan fingerprint density at radius 2 is 2.00 bits per heavy atom. The Kier molecular flexibility index (Phi) is 6.19. The van der Waals surface area contributed by atoms with E-state index < -0.39 is 0 Å². The van der Waals surface area contributed by atoms with Gasteiger partial charge in [-0.3, -0.25) is 4.68 Å². The highest BCUT2D eigenvalue weighted by atomic mass is 16.5. The third-order valence-corrected chi connectivity index (χ3v) is 8.04. The van der Waals surface area contributed by atoms with Crippen molar-refractivity contribution < 1.29 is 9.47 Å². The van der Waals surface area contributed by atoms with Crippen LogP contribution in [-0.4, -0.2) is 64.6 Å². The van der Waals surface area contributed by atoms with Gasteiger partial charge in [0.2, 0.25) is 0 Å². The Labute approximate surface area is 216 Å². The highest BCUT2D eigenvalue weighted by molar-refractivity contribution is 5.96. The van der Waals surface area contributed by atoms with Crippen LogP contribution in [0.5, 0.6) is 5.75 Å². The number of nitriles is 1. The molecule has 5 heterocycles. The summed E-state index contributed by atoms with van der Waals surface area (Å²) in [5, 5.41) is 15.5. The number of fused-ring (bicyclic) bond motifs is 1. The molecule has 1 aromatic carbocycles. The molecule has 4 aromatic rings. The summed E-state index contributed by atoms with van der Waals surface area (Å²) in [6, 6.07) is 10.7. The number of benzene rings is 1.